The molecule has 0 aliphatic carbocycles. The molecule has 0 aromatic carbocycles. The summed E-state index contributed by atoms with van der Waals surface area (Å²) >= 11 is 0. The largest absolute Gasteiger partial charge is 0.462 e. The van der Waals surface area contributed by atoms with Gasteiger partial charge in [-0.15, -0.1) is 0 Å². The molecule has 440 valence electrons. The van der Waals surface area contributed by atoms with E-state index in [2.05, 4.69) is 57.2 Å². The van der Waals surface area contributed by atoms with Crippen LogP contribution in [-0.2, 0) is 28.6 Å². The van der Waals surface area contributed by atoms with Crippen LogP contribution < -0.4 is 0 Å². The Morgan fingerprint density at radius 1 is 0.267 bits per heavy atom. The number of rotatable bonds is 62. The molecule has 0 saturated carbocycles. The van der Waals surface area contributed by atoms with E-state index < -0.39 is 6.10 Å². The van der Waals surface area contributed by atoms with Gasteiger partial charge in [-0.1, -0.05) is 308 Å². The van der Waals surface area contributed by atoms with Gasteiger partial charge in [0.25, 0.3) is 0 Å². The molecule has 0 spiro atoms. The number of ether oxygens (including phenoxy) is 3. The maximum absolute atomic E-state index is 12.9. The van der Waals surface area contributed by atoms with Gasteiger partial charge in [-0.25, -0.2) is 0 Å². The van der Waals surface area contributed by atoms with Crippen LogP contribution in [-0.4, -0.2) is 37.2 Å². The molecule has 0 radical (unpaired) electrons. The monoisotopic (exact) mass is 1050 g/mol. The smallest absolute Gasteiger partial charge is 0.306 e. The quantitative estimate of drug-likeness (QED) is 0.0261. The summed E-state index contributed by atoms with van der Waals surface area (Å²) in [5.41, 5.74) is 0. The van der Waals surface area contributed by atoms with Crippen molar-refractivity contribution in [3.05, 3.63) is 36.5 Å². The lowest BCUT2D eigenvalue weighted by molar-refractivity contribution is -0.167. The number of allylic oxidation sites excluding steroid dienone is 6. The number of hydrogen-bond acceptors (Lipinski definition) is 6. The van der Waals surface area contributed by atoms with Crippen LogP contribution in [0.15, 0.2) is 36.5 Å². The molecule has 0 N–H and O–H groups in total. The van der Waals surface area contributed by atoms with E-state index in [0.29, 0.717) is 19.3 Å². The number of hydrogen-bond donors (Lipinski definition) is 0. The van der Waals surface area contributed by atoms with Gasteiger partial charge in [0.2, 0.25) is 0 Å². The van der Waals surface area contributed by atoms with Crippen molar-refractivity contribution in [3.63, 3.8) is 0 Å². The highest BCUT2D eigenvalue weighted by Gasteiger charge is 2.19. The lowest BCUT2D eigenvalue weighted by atomic mass is 10.0. The van der Waals surface area contributed by atoms with Crippen LogP contribution >= 0.6 is 0 Å². The van der Waals surface area contributed by atoms with Gasteiger partial charge in [-0.05, 0) is 77.0 Å². The molecule has 6 nitrogen and oxygen atoms in total. The summed E-state index contributed by atoms with van der Waals surface area (Å²) in [6, 6.07) is 0. The van der Waals surface area contributed by atoms with Crippen LogP contribution in [0.4, 0.5) is 0 Å². The standard InChI is InChI=1S/C69H128O6/c1-4-7-10-13-16-19-22-25-28-30-32-34-36-38-41-44-47-50-53-56-59-62-68(71)74-65-66(64-73-67(70)61-58-55-52-49-46-43-40-27-24-21-18-15-12-9-6-3)75-69(72)63-60-57-54-51-48-45-42-39-37-35-33-31-29-26-23-20-17-14-11-8-5-2/h18,21,25,27-28,40,66H,4-17,19-20,22-24,26,29-39,41-65H2,1-3H3/b21-18-,28-25-,40-27-/t66-/m1/s1. The highest BCUT2D eigenvalue weighted by molar-refractivity contribution is 5.71. The van der Waals surface area contributed by atoms with Crippen molar-refractivity contribution in [3.8, 4) is 0 Å². The van der Waals surface area contributed by atoms with E-state index in [0.717, 1.165) is 77.0 Å². The lowest BCUT2D eigenvalue weighted by Crippen LogP contribution is -2.30. The second-order valence-electron chi connectivity index (χ2n) is 22.7. The second-order valence-corrected chi connectivity index (χ2v) is 22.7. The van der Waals surface area contributed by atoms with Crippen molar-refractivity contribution < 1.29 is 28.6 Å². The molecular formula is C69H128O6. The van der Waals surface area contributed by atoms with Crippen molar-refractivity contribution in [2.45, 2.75) is 374 Å². The molecule has 0 aromatic heterocycles. The van der Waals surface area contributed by atoms with E-state index in [9.17, 15) is 14.4 Å². The Hall–Kier alpha value is -2.37. The van der Waals surface area contributed by atoms with Crippen LogP contribution in [0.3, 0.4) is 0 Å². The van der Waals surface area contributed by atoms with Gasteiger partial charge in [0.15, 0.2) is 6.10 Å². The highest BCUT2D eigenvalue weighted by Crippen LogP contribution is 2.18. The van der Waals surface area contributed by atoms with Crippen LogP contribution in [0.25, 0.3) is 0 Å². The lowest BCUT2D eigenvalue weighted by Gasteiger charge is -2.18. The van der Waals surface area contributed by atoms with Crippen molar-refractivity contribution in [1.82, 2.24) is 0 Å². The Kier molecular flexibility index (Phi) is 62.1. The minimum atomic E-state index is -0.776. The summed E-state index contributed by atoms with van der Waals surface area (Å²) in [6.07, 6.45) is 78.7. The van der Waals surface area contributed by atoms with Gasteiger partial charge in [0.1, 0.15) is 13.2 Å². The van der Waals surface area contributed by atoms with E-state index in [1.807, 2.05) is 0 Å². The SMILES string of the molecule is CCCCC/C=C\C/C=C\CCCCCCCC(=O)OC[C@H](COC(=O)CCCCCCCCCCCCC/C=C\CCCCCCCC)OC(=O)CCCCCCCCCCCCCCCCCCCCCCC. The molecule has 0 rings (SSSR count). The molecule has 0 aromatic rings. The zero-order valence-electron chi connectivity index (χ0n) is 50.6. The summed E-state index contributed by atoms with van der Waals surface area (Å²) in [6.45, 7) is 6.67. The maximum Gasteiger partial charge on any atom is 0.306 e. The first-order chi connectivity index (χ1) is 37.0. The van der Waals surface area contributed by atoms with E-state index in [1.54, 1.807) is 0 Å². The van der Waals surface area contributed by atoms with E-state index in [1.165, 1.54) is 250 Å². The molecule has 0 saturated heterocycles. The fraction of sp³-hybridized carbons (Fsp3) is 0.870. The van der Waals surface area contributed by atoms with Crippen molar-refractivity contribution in [2.75, 3.05) is 13.2 Å². The molecule has 0 heterocycles. The first kappa shape index (κ1) is 72.6. The summed E-state index contributed by atoms with van der Waals surface area (Å²) < 4.78 is 17.0. The first-order valence-electron chi connectivity index (χ1n) is 33.5. The summed E-state index contributed by atoms with van der Waals surface area (Å²) in [7, 11) is 0. The number of carbonyl (C=O) groups excluding carboxylic acids is 3. The van der Waals surface area contributed by atoms with Crippen LogP contribution in [0, 0.1) is 0 Å². The van der Waals surface area contributed by atoms with Gasteiger partial charge in [0, 0.05) is 19.3 Å². The Balaban J connectivity index is 4.31. The summed E-state index contributed by atoms with van der Waals surface area (Å²) in [5.74, 6) is -0.861. The van der Waals surface area contributed by atoms with Gasteiger partial charge in [-0.3, -0.25) is 14.4 Å². The van der Waals surface area contributed by atoms with Gasteiger partial charge < -0.3 is 14.2 Å². The average Bonchev–Trinajstić information content (AvgIpc) is 3.41. The topological polar surface area (TPSA) is 78.9 Å². The molecule has 75 heavy (non-hydrogen) atoms. The molecule has 0 aliphatic heterocycles. The predicted molar refractivity (Wildman–Crippen MR) is 326 cm³/mol. The predicted octanol–water partition coefficient (Wildman–Crippen LogP) is 22.8. The summed E-state index contributed by atoms with van der Waals surface area (Å²) in [4.78, 5) is 38.4. The number of carbonyl (C=O) groups is 3. The van der Waals surface area contributed by atoms with E-state index >= 15 is 0 Å². The fourth-order valence-corrected chi connectivity index (χ4v) is 10.1. The molecule has 0 fully saturated rings. The van der Waals surface area contributed by atoms with Crippen LogP contribution in [0.5, 0.6) is 0 Å². The molecule has 0 unspecified atom stereocenters. The Labute approximate surface area is 467 Å². The van der Waals surface area contributed by atoms with Gasteiger partial charge in [-0.2, -0.15) is 0 Å². The third-order valence-corrected chi connectivity index (χ3v) is 15.1. The zero-order valence-corrected chi connectivity index (χ0v) is 50.6. The maximum atomic E-state index is 12.9. The molecule has 0 aliphatic rings. The summed E-state index contributed by atoms with van der Waals surface area (Å²) in [5, 5.41) is 0. The molecule has 0 bridgehead atoms. The highest BCUT2D eigenvalue weighted by atomic mass is 16.6. The van der Waals surface area contributed by atoms with Crippen molar-refractivity contribution in [2.24, 2.45) is 0 Å². The Morgan fingerprint density at radius 3 is 0.773 bits per heavy atom. The molecule has 0 amide bonds. The minimum Gasteiger partial charge on any atom is -0.462 e. The average molecular weight is 1050 g/mol. The van der Waals surface area contributed by atoms with Crippen molar-refractivity contribution in [1.29, 1.82) is 0 Å². The number of unbranched alkanes of at least 4 members (excludes halogenated alkanes) is 45. The van der Waals surface area contributed by atoms with Crippen molar-refractivity contribution >= 4 is 17.9 Å². The van der Waals surface area contributed by atoms with Gasteiger partial charge in [0.05, 0.1) is 0 Å². The first-order valence-corrected chi connectivity index (χ1v) is 33.5. The third kappa shape index (κ3) is 62.4. The Morgan fingerprint density at radius 2 is 0.480 bits per heavy atom. The zero-order chi connectivity index (χ0) is 54.3. The molecular weight excluding hydrogens is 925 g/mol. The van der Waals surface area contributed by atoms with E-state index in [4.69, 9.17) is 14.2 Å². The molecule has 1 atom stereocenters. The fourth-order valence-electron chi connectivity index (χ4n) is 10.1. The third-order valence-electron chi connectivity index (χ3n) is 15.1. The van der Waals surface area contributed by atoms with Gasteiger partial charge >= 0.3 is 17.9 Å². The van der Waals surface area contributed by atoms with Crippen LogP contribution in [0.2, 0.25) is 0 Å². The minimum absolute atomic E-state index is 0.0726. The van der Waals surface area contributed by atoms with E-state index in [-0.39, 0.29) is 31.1 Å². The molecule has 6 heteroatoms. The van der Waals surface area contributed by atoms with Crippen LogP contribution in [0.1, 0.15) is 367 Å². The normalized spacial score (nSPS) is 12.2. The second kappa shape index (κ2) is 64.2. The Bertz CT molecular complexity index is 1250. The number of esters is 3.